The lowest BCUT2D eigenvalue weighted by atomic mass is 10.1. The summed E-state index contributed by atoms with van der Waals surface area (Å²) in [6.45, 7) is 10.9. The molecule has 0 unspecified atom stereocenters. The van der Waals surface area contributed by atoms with Crippen molar-refractivity contribution < 1.29 is 9.47 Å². The van der Waals surface area contributed by atoms with Crippen LogP contribution in [0.25, 0.3) is 0 Å². The molecule has 0 aliphatic carbocycles. The van der Waals surface area contributed by atoms with Gasteiger partial charge >= 0.3 is 0 Å². The maximum absolute atomic E-state index is 5.98. The molecule has 170 valence electrons. The first-order chi connectivity index (χ1) is 14.6. The second kappa shape index (κ2) is 14.2. The number of aryl methyl sites for hydroxylation is 1. The zero-order valence-electron chi connectivity index (χ0n) is 19.4. The summed E-state index contributed by atoms with van der Waals surface area (Å²) in [5, 5.41) is 6.85. The molecule has 1 aliphatic heterocycles. The fourth-order valence-electron chi connectivity index (χ4n) is 3.56. The molecule has 0 radical (unpaired) electrons. The molecule has 1 heterocycles. The highest BCUT2D eigenvalue weighted by Crippen LogP contribution is 2.20. The molecule has 0 atom stereocenters. The molecular weight excluding hydrogens is 378 g/mol. The Morgan fingerprint density at radius 1 is 1.10 bits per heavy atom. The highest BCUT2D eigenvalue weighted by molar-refractivity contribution is 5.79. The van der Waals surface area contributed by atoms with E-state index in [0.29, 0.717) is 19.8 Å². The number of methoxy groups -OCH3 is 1. The minimum atomic E-state index is 0.656. The van der Waals surface area contributed by atoms with Crippen LogP contribution in [0.15, 0.2) is 23.2 Å². The van der Waals surface area contributed by atoms with Crippen LogP contribution in [0.2, 0.25) is 0 Å². The fourth-order valence-corrected chi connectivity index (χ4v) is 3.56. The Balaban J connectivity index is 1.73. The summed E-state index contributed by atoms with van der Waals surface area (Å²) in [7, 11) is 5.75. The van der Waals surface area contributed by atoms with E-state index in [2.05, 4.69) is 57.6 Å². The number of rotatable bonds is 11. The molecule has 0 aromatic heterocycles. The van der Waals surface area contributed by atoms with Crippen LogP contribution in [0.5, 0.6) is 5.75 Å². The number of likely N-dealkylation sites (N-methyl/N-ethyl adjacent to an activating group) is 1. The number of ether oxygens (including phenoxy) is 2. The normalized spacial score (nSPS) is 16.3. The van der Waals surface area contributed by atoms with Crippen LogP contribution < -0.4 is 15.4 Å². The van der Waals surface area contributed by atoms with Gasteiger partial charge in [-0.1, -0.05) is 12.1 Å². The molecule has 2 N–H and O–H groups in total. The SMILES string of the molecule is CN=C(NCCCN1CCCN(C)CC1)NCc1ccc(C)cc1OCCCOC. The summed E-state index contributed by atoms with van der Waals surface area (Å²) in [5.41, 5.74) is 2.33. The minimum Gasteiger partial charge on any atom is -0.493 e. The van der Waals surface area contributed by atoms with Gasteiger partial charge in [0.1, 0.15) is 5.75 Å². The predicted octanol–water partition coefficient (Wildman–Crippen LogP) is 2.10. The van der Waals surface area contributed by atoms with Gasteiger partial charge in [-0.05, 0) is 58.1 Å². The van der Waals surface area contributed by atoms with Crippen LogP contribution in [-0.4, -0.2) is 89.4 Å². The minimum absolute atomic E-state index is 0.656. The molecule has 7 heteroatoms. The monoisotopic (exact) mass is 419 g/mol. The summed E-state index contributed by atoms with van der Waals surface area (Å²) in [4.78, 5) is 9.35. The Hall–Kier alpha value is -1.83. The van der Waals surface area contributed by atoms with Gasteiger partial charge < -0.3 is 29.9 Å². The maximum atomic E-state index is 5.98. The van der Waals surface area contributed by atoms with Crippen molar-refractivity contribution in [1.82, 2.24) is 20.4 Å². The highest BCUT2D eigenvalue weighted by atomic mass is 16.5. The summed E-state index contributed by atoms with van der Waals surface area (Å²) in [6, 6.07) is 6.34. The van der Waals surface area contributed by atoms with Crippen molar-refractivity contribution in [3.63, 3.8) is 0 Å². The first kappa shape index (κ1) is 24.4. The van der Waals surface area contributed by atoms with Gasteiger partial charge in [0, 0.05) is 58.9 Å². The smallest absolute Gasteiger partial charge is 0.191 e. The van der Waals surface area contributed by atoms with Crippen molar-refractivity contribution in [2.75, 3.05) is 73.7 Å². The molecule has 1 fully saturated rings. The molecule has 0 saturated carbocycles. The maximum Gasteiger partial charge on any atom is 0.191 e. The Kier molecular flexibility index (Phi) is 11.6. The van der Waals surface area contributed by atoms with Gasteiger partial charge in [-0.2, -0.15) is 0 Å². The summed E-state index contributed by atoms with van der Waals surface area (Å²) in [5.74, 6) is 1.76. The molecule has 0 amide bonds. The largest absolute Gasteiger partial charge is 0.493 e. The van der Waals surface area contributed by atoms with Crippen molar-refractivity contribution in [1.29, 1.82) is 0 Å². The van der Waals surface area contributed by atoms with Crippen molar-refractivity contribution in [2.45, 2.75) is 32.7 Å². The van der Waals surface area contributed by atoms with Crippen LogP contribution in [0.4, 0.5) is 0 Å². The third-order valence-electron chi connectivity index (χ3n) is 5.40. The first-order valence-electron chi connectivity index (χ1n) is 11.2. The van der Waals surface area contributed by atoms with Crippen molar-refractivity contribution in [2.24, 2.45) is 4.99 Å². The fraction of sp³-hybridized carbons (Fsp3) is 0.696. The number of nitrogens with zero attached hydrogens (tertiary/aromatic N) is 3. The standard InChI is InChI=1S/C23H41N5O2/c1-20-8-9-21(22(18-20)30-17-7-16-29-4)19-26-23(24-2)25-10-5-12-28-13-6-11-27(3)14-15-28/h8-9,18H,5-7,10-17,19H2,1-4H3,(H2,24,25,26). The lowest BCUT2D eigenvalue weighted by Crippen LogP contribution is -2.38. The first-order valence-corrected chi connectivity index (χ1v) is 11.2. The zero-order chi connectivity index (χ0) is 21.6. The van der Waals surface area contributed by atoms with E-state index >= 15 is 0 Å². The van der Waals surface area contributed by atoms with E-state index in [-0.39, 0.29) is 0 Å². The summed E-state index contributed by atoms with van der Waals surface area (Å²) < 4.78 is 11.1. The van der Waals surface area contributed by atoms with Crippen LogP contribution >= 0.6 is 0 Å². The molecule has 30 heavy (non-hydrogen) atoms. The molecule has 1 saturated heterocycles. The Labute approximate surface area is 182 Å². The van der Waals surface area contributed by atoms with E-state index in [0.717, 1.165) is 43.2 Å². The molecule has 0 spiro atoms. The Morgan fingerprint density at radius 2 is 1.97 bits per heavy atom. The van der Waals surface area contributed by atoms with Gasteiger partial charge in [-0.3, -0.25) is 4.99 Å². The molecule has 1 aliphatic rings. The van der Waals surface area contributed by atoms with E-state index in [9.17, 15) is 0 Å². The molecule has 7 nitrogen and oxygen atoms in total. The van der Waals surface area contributed by atoms with Crippen LogP contribution in [0.3, 0.4) is 0 Å². The molecule has 1 aromatic carbocycles. The summed E-state index contributed by atoms with van der Waals surface area (Å²) in [6.07, 6.45) is 3.26. The summed E-state index contributed by atoms with van der Waals surface area (Å²) >= 11 is 0. The van der Waals surface area contributed by atoms with Crippen molar-refractivity contribution in [3.05, 3.63) is 29.3 Å². The number of guanidine groups is 1. The van der Waals surface area contributed by atoms with Gasteiger partial charge in [-0.15, -0.1) is 0 Å². The number of nitrogens with one attached hydrogen (secondary N) is 2. The van der Waals surface area contributed by atoms with Gasteiger partial charge in [0.05, 0.1) is 6.61 Å². The third kappa shape index (κ3) is 9.32. The highest BCUT2D eigenvalue weighted by Gasteiger charge is 2.11. The van der Waals surface area contributed by atoms with Gasteiger partial charge in [0.2, 0.25) is 0 Å². The number of benzene rings is 1. The van der Waals surface area contributed by atoms with Crippen molar-refractivity contribution in [3.8, 4) is 5.75 Å². The van der Waals surface area contributed by atoms with Crippen LogP contribution in [-0.2, 0) is 11.3 Å². The van der Waals surface area contributed by atoms with E-state index < -0.39 is 0 Å². The van der Waals surface area contributed by atoms with E-state index in [4.69, 9.17) is 9.47 Å². The number of hydrogen-bond acceptors (Lipinski definition) is 5. The van der Waals surface area contributed by atoms with Gasteiger partial charge in [0.15, 0.2) is 5.96 Å². The molecular formula is C23H41N5O2. The lowest BCUT2D eigenvalue weighted by molar-refractivity contribution is 0.171. The number of hydrogen-bond donors (Lipinski definition) is 2. The molecule has 2 rings (SSSR count). The predicted molar refractivity (Wildman–Crippen MR) is 125 cm³/mol. The number of aliphatic imine (C=N–C) groups is 1. The quantitative estimate of drug-likeness (QED) is 0.325. The average molecular weight is 420 g/mol. The van der Waals surface area contributed by atoms with Crippen LogP contribution in [0.1, 0.15) is 30.4 Å². The average Bonchev–Trinajstić information content (AvgIpc) is 2.96. The second-order valence-electron chi connectivity index (χ2n) is 8.01. The Morgan fingerprint density at radius 3 is 2.77 bits per heavy atom. The Bertz CT molecular complexity index is 638. The van der Waals surface area contributed by atoms with Crippen LogP contribution in [0, 0.1) is 6.92 Å². The van der Waals surface area contributed by atoms with E-state index in [1.54, 1.807) is 7.11 Å². The van der Waals surface area contributed by atoms with E-state index in [1.807, 2.05) is 7.05 Å². The molecule has 0 bridgehead atoms. The van der Waals surface area contributed by atoms with Gasteiger partial charge in [-0.25, -0.2) is 0 Å². The van der Waals surface area contributed by atoms with Crippen molar-refractivity contribution >= 4 is 5.96 Å². The van der Waals surface area contributed by atoms with Gasteiger partial charge in [0.25, 0.3) is 0 Å². The van der Waals surface area contributed by atoms with E-state index in [1.165, 1.54) is 38.2 Å². The zero-order valence-corrected chi connectivity index (χ0v) is 19.4. The topological polar surface area (TPSA) is 61.4 Å². The molecule has 1 aromatic rings. The second-order valence-corrected chi connectivity index (χ2v) is 8.01. The lowest BCUT2D eigenvalue weighted by Gasteiger charge is -2.20. The third-order valence-corrected chi connectivity index (χ3v) is 5.40.